The Morgan fingerprint density at radius 2 is 1.75 bits per heavy atom. The van der Waals surface area contributed by atoms with Crippen molar-refractivity contribution in [2.24, 2.45) is 0 Å². The number of hydrogen-bond donors (Lipinski definition) is 0. The summed E-state index contributed by atoms with van der Waals surface area (Å²) >= 11 is 0. The highest BCUT2D eigenvalue weighted by Crippen LogP contribution is 2.25. The predicted octanol–water partition coefficient (Wildman–Crippen LogP) is 5.32. The highest BCUT2D eigenvalue weighted by Gasteiger charge is 2.08. The van der Waals surface area contributed by atoms with Crippen LogP contribution in [0.1, 0.15) is 69.9 Å². The molecule has 0 heterocycles. The van der Waals surface area contributed by atoms with Crippen LogP contribution in [0.4, 0.5) is 0 Å². The SMILES string of the molecule is CCCCCCC(C)c1ccccc1CC. The van der Waals surface area contributed by atoms with Crippen LogP contribution in [-0.4, -0.2) is 0 Å². The molecular weight excluding hydrogens is 192 g/mol. The summed E-state index contributed by atoms with van der Waals surface area (Å²) in [4.78, 5) is 0. The summed E-state index contributed by atoms with van der Waals surface area (Å²) in [6, 6.07) is 8.92. The molecule has 0 nitrogen and oxygen atoms in total. The average Bonchev–Trinajstić information content (AvgIpc) is 2.34. The van der Waals surface area contributed by atoms with E-state index in [1.807, 2.05) is 0 Å². The molecule has 0 saturated heterocycles. The zero-order valence-electron chi connectivity index (χ0n) is 11.1. The van der Waals surface area contributed by atoms with Crippen molar-refractivity contribution in [2.45, 2.75) is 65.2 Å². The van der Waals surface area contributed by atoms with E-state index < -0.39 is 0 Å². The third-order valence-corrected chi connectivity index (χ3v) is 3.46. The number of rotatable bonds is 7. The van der Waals surface area contributed by atoms with Gasteiger partial charge in [-0.05, 0) is 29.9 Å². The maximum absolute atomic E-state index is 2.38. The van der Waals surface area contributed by atoms with Crippen LogP contribution in [0.25, 0.3) is 0 Å². The van der Waals surface area contributed by atoms with E-state index in [4.69, 9.17) is 0 Å². The molecule has 1 rings (SSSR count). The summed E-state index contributed by atoms with van der Waals surface area (Å²) in [6.45, 7) is 6.90. The van der Waals surface area contributed by atoms with E-state index >= 15 is 0 Å². The molecule has 0 aliphatic carbocycles. The summed E-state index contributed by atoms with van der Waals surface area (Å²) in [7, 11) is 0. The standard InChI is InChI=1S/C16H26/c1-4-6-7-8-11-14(3)16-13-10-9-12-15(16)5-2/h9-10,12-14H,4-8,11H2,1-3H3. The van der Waals surface area contributed by atoms with Gasteiger partial charge in [-0.25, -0.2) is 0 Å². The molecular formula is C16H26. The Morgan fingerprint density at radius 3 is 2.44 bits per heavy atom. The van der Waals surface area contributed by atoms with E-state index in [0.717, 1.165) is 12.3 Å². The molecule has 0 amide bonds. The molecule has 1 atom stereocenters. The fraction of sp³-hybridized carbons (Fsp3) is 0.625. The van der Waals surface area contributed by atoms with Crippen molar-refractivity contribution in [3.05, 3.63) is 35.4 Å². The van der Waals surface area contributed by atoms with E-state index in [9.17, 15) is 0 Å². The van der Waals surface area contributed by atoms with Crippen molar-refractivity contribution in [3.63, 3.8) is 0 Å². The summed E-state index contributed by atoms with van der Waals surface area (Å²) in [5, 5.41) is 0. The van der Waals surface area contributed by atoms with Crippen molar-refractivity contribution in [3.8, 4) is 0 Å². The van der Waals surface area contributed by atoms with Crippen LogP contribution in [0.2, 0.25) is 0 Å². The monoisotopic (exact) mass is 218 g/mol. The van der Waals surface area contributed by atoms with Gasteiger partial charge >= 0.3 is 0 Å². The van der Waals surface area contributed by atoms with Gasteiger partial charge in [0, 0.05) is 0 Å². The van der Waals surface area contributed by atoms with Gasteiger partial charge in [0.15, 0.2) is 0 Å². The number of aryl methyl sites for hydroxylation is 1. The third-order valence-electron chi connectivity index (χ3n) is 3.46. The zero-order valence-corrected chi connectivity index (χ0v) is 11.1. The number of benzene rings is 1. The van der Waals surface area contributed by atoms with E-state index in [-0.39, 0.29) is 0 Å². The number of unbranched alkanes of at least 4 members (excludes halogenated alkanes) is 3. The molecule has 0 N–H and O–H groups in total. The Bertz CT molecular complexity index is 288. The summed E-state index contributed by atoms with van der Waals surface area (Å²) < 4.78 is 0. The largest absolute Gasteiger partial charge is 0.0654 e. The maximum Gasteiger partial charge on any atom is -0.0188 e. The second-order valence-electron chi connectivity index (χ2n) is 4.80. The fourth-order valence-electron chi connectivity index (χ4n) is 2.37. The minimum absolute atomic E-state index is 0.730. The molecule has 0 heteroatoms. The van der Waals surface area contributed by atoms with Crippen molar-refractivity contribution in [1.82, 2.24) is 0 Å². The normalized spacial score (nSPS) is 12.7. The first kappa shape index (κ1) is 13.3. The van der Waals surface area contributed by atoms with Gasteiger partial charge in [-0.2, -0.15) is 0 Å². The predicted molar refractivity (Wildman–Crippen MR) is 73.0 cm³/mol. The number of hydrogen-bond acceptors (Lipinski definition) is 0. The summed E-state index contributed by atoms with van der Waals surface area (Å²) in [5.74, 6) is 0.730. The summed E-state index contributed by atoms with van der Waals surface area (Å²) in [6.07, 6.45) is 8.01. The Balaban J connectivity index is 2.48. The Hall–Kier alpha value is -0.780. The molecule has 0 aliphatic rings. The molecule has 1 aromatic rings. The second-order valence-corrected chi connectivity index (χ2v) is 4.80. The van der Waals surface area contributed by atoms with Gasteiger partial charge in [0.25, 0.3) is 0 Å². The van der Waals surface area contributed by atoms with Crippen molar-refractivity contribution >= 4 is 0 Å². The first-order valence-corrected chi connectivity index (χ1v) is 6.87. The van der Waals surface area contributed by atoms with Crippen LogP contribution in [-0.2, 0) is 6.42 Å². The van der Waals surface area contributed by atoms with Gasteiger partial charge in [-0.3, -0.25) is 0 Å². The van der Waals surface area contributed by atoms with Crippen LogP contribution >= 0.6 is 0 Å². The molecule has 90 valence electrons. The lowest BCUT2D eigenvalue weighted by Crippen LogP contribution is -1.98. The van der Waals surface area contributed by atoms with Gasteiger partial charge in [0.2, 0.25) is 0 Å². The van der Waals surface area contributed by atoms with E-state index in [0.29, 0.717) is 0 Å². The van der Waals surface area contributed by atoms with Crippen LogP contribution < -0.4 is 0 Å². The quantitative estimate of drug-likeness (QED) is 0.543. The Morgan fingerprint density at radius 1 is 1.00 bits per heavy atom. The molecule has 0 spiro atoms. The minimum Gasteiger partial charge on any atom is -0.0654 e. The molecule has 0 fully saturated rings. The van der Waals surface area contributed by atoms with E-state index in [1.54, 1.807) is 5.56 Å². The lowest BCUT2D eigenvalue weighted by atomic mass is 9.90. The van der Waals surface area contributed by atoms with E-state index in [1.165, 1.54) is 37.7 Å². The molecule has 0 aromatic heterocycles. The molecule has 0 bridgehead atoms. The molecule has 16 heavy (non-hydrogen) atoms. The first-order valence-electron chi connectivity index (χ1n) is 6.87. The second kappa shape index (κ2) is 7.49. The molecule has 1 unspecified atom stereocenters. The summed E-state index contributed by atoms with van der Waals surface area (Å²) in [5.41, 5.74) is 3.10. The third kappa shape index (κ3) is 4.00. The van der Waals surface area contributed by atoms with Crippen LogP contribution in [0.5, 0.6) is 0 Å². The minimum atomic E-state index is 0.730. The van der Waals surface area contributed by atoms with Gasteiger partial charge in [0.1, 0.15) is 0 Å². The Kier molecular flexibility index (Phi) is 6.22. The molecule has 1 aromatic carbocycles. The fourth-order valence-corrected chi connectivity index (χ4v) is 2.37. The van der Waals surface area contributed by atoms with Gasteiger partial charge < -0.3 is 0 Å². The lowest BCUT2D eigenvalue weighted by molar-refractivity contribution is 0.577. The van der Waals surface area contributed by atoms with Crippen molar-refractivity contribution < 1.29 is 0 Å². The molecule has 0 aliphatic heterocycles. The molecule has 0 radical (unpaired) electrons. The van der Waals surface area contributed by atoms with Crippen LogP contribution in [0.3, 0.4) is 0 Å². The first-order chi connectivity index (χ1) is 7.79. The average molecular weight is 218 g/mol. The van der Waals surface area contributed by atoms with Crippen molar-refractivity contribution in [1.29, 1.82) is 0 Å². The lowest BCUT2D eigenvalue weighted by Gasteiger charge is -2.15. The van der Waals surface area contributed by atoms with Crippen molar-refractivity contribution in [2.75, 3.05) is 0 Å². The highest BCUT2D eigenvalue weighted by molar-refractivity contribution is 5.29. The van der Waals surface area contributed by atoms with E-state index in [2.05, 4.69) is 45.0 Å². The van der Waals surface area contributed by atoms with Gasteiger partial charge in [-0.15, -0.1) is 0 Å². The maximum atomic E-state index is 2.38. The Labute approximate surface area is 101 Å². The van der Waals surface area contributed by atoms with Gasteiger partial charge in [0.05, 0.1) is 0 Å². The topological polar surface area (TPSA) is 0 Å². The van der Waals surface area contributed by atoms with Crippen LogP contribution in [0.15, 0.2) is 24.3 Å². The van der Waals surface area contributed by atoms with Gasteiger partial charge in [-0.1, -0.05) is 70.7 Å². The smallest absolute Gasteiger partial charge is 0.0188 e. The highest BCUT2D eigenvalue weighted by atomic mass is 14.1. The molecule has 0 saturated carbocycles. The van der Waals surface area contributed by atoms with Crippen LogP contribution in [0, 0.1) is 0 Å². The zero-order chi connectivity index (χ0) is 11.8.